The van der Waals surface area contributed by atoms with E-state index in [2.05, 4.69) is 15.3 Å². The molecule has 0 spiro atoms. The molecular formula is C21H26ClN3O2S2. The highest BCUT2D eigenvalue weighted by Gasteiger charge is 2.27. The summed E-state index contributed by atoms with van der Waals surface area (Å²) in [4.78, 5) is 22.8. The van der Waals surface area contributed by atoms with Crippen molar-refractivity contribution in [3.63, 3.8) is 0 Å². The van der Waals surface area contributed by atoms with Gasteiger partial charge in [-0.15, -0.1) is 23.5 Å². The Bertz CT molecular complexity index is 814. The molecule has 0 saturated heterocycles. The van der Waals surface area contributed by atoms with E-state index in [-0.39, 0.29) is 18.4 Å². The minimum atomic E-state index is -0.267. The van der Waals surface area contributed by atoms with Gasteiger partial charge in [-0.25, -0.2) is 9.97 Å². The molecule has 1 amide bonds. The van der Waals surface area contributed by atoms with Crippen LogP contribution in [0.2, 0.25) is 5.02 Å². The number of halogens is 1. The molecule has 3 rings (SSSR count). The van der Waals surface area contributed by atoms with Crippen LogP contribution in [0.5, 0.6) is 0 Å². The lowest BCUT2D eigenvalue weighted by Crippen LogP contribution is -2.23. The summed E-state index contributed by atoms with van der Waals surface area (Å²) in [6, 6.07) is 5.92. The highest BCUT2D eigenvalue weighted by atomic mass is 35.5. The second-order valence-electron chi connectivity index (χ2n) is 7.13. The Morgan fingerprint density at radius 2 is 2.10 bits per heavy atom. The maximum Gasteiger partial charge on any atom is 0.233 e. The number of nitrogens with zero attached hydrogens (tertiary/aromatic N) is 2. The third-order valence-electron chi connectivity index (χ3n) is 5.16. The SMILES string of the molecule is CSc1ccc(C(CC2CCCC2)C(=O)Nc2cnc(SCCO)cn2)cc1Cl. The van der Waals surface area contributed by atoms with E-state index < -0.39 is 0 Å². The van der Waals surface area contributed by atoms with Crippen molar-refractivity contribution in [2.24, 2.45) is 5.92 Å². The van der Waals surface area contributed by atoms with E-state index in [1.807, 2.05) is 24.5 Å². The van der Waals surface area contributed by atoms with Gasteiger partial charge in [0.2, 0.25) is 5.91 Å². The van der Waals surface area contributed by atoms with Gasteiger partial charge in [-0.1, -0.05) is 43.4 Å². The molecule has 8 heteroatoms. The number of carbonyl (C=O) groups is 1. The molecule has 1 unspecified atom stereocenters. The average Bonchev–Trinajstić information content (AvgIpc) is 3.24. The second-order valence-corrected chi connectivity index (χ2v) is 9.50. The third-order valence-corrected chi connectivity index (χ3v) is 7.27. The number of benzene rings is 1. The zero-order valence-corrected chi connectivity index (χ0v) is 18.8. The lowest BCUT2D eigenvalue weighted by molar-refractivity contribution is -0.118. The summed E-state index contributed by atoms with van der Waals surface area (Å²) in [7, 11) is 0. The van der Waals surface area contributed by atoms with Crippen LogP contribution >= 0.6 is 35.1 Å². The minimum Gasteiger partial charge on any atom is -0.396 e. The fourth-order valence-electron chi connectivity index (χ4n) is 3.69. The number of rotatable bonds is 9. The van der Waals surface area contributed by atoms with Gasteiger partial charge < -0.3 is 10.4 Å². The molecule has 0 aliphatic heterocycles. The smallest absolute Gasteiger partial charge is 0.233 e. The first-order chi connectivity index (χ1) is 14.1. The van der Waals surface area contributed by atoms with Crippen LogP contribution in [0.3, 0.4) is 0 Å². The van der Waals surface area contributed by atoms with Gasteiger partial charge >= 0.3 is 0 Å². The molecule has 1 aliphatic carbocycles. The zero-order chi connectivity index (χ0) is 20.6. The molecule has 1 aromatic heterocycles. The van der Waals surface area contributed by atoms with E-state index in [0.29, 0.717) is 22.5 Å². The monoisotopic (exact) mass is 451 g/mol. The van der Waals surface area contributed by atoms with Crippen molar-refractivity contribution in [1.82, 2.24) is 9.97 Å². The summed E-state index contributed by atoms with van der Waals surface area (Å²) in [6.45, 7) is 0.0889. The number of aliphatic hydroxyl groups excluding tert-OH is 1. The molecule has 156 valence electrons. The van der Waals surface area contributed by atoms with Gasteiger partial charge in [0.05, 0.1) is 29.9 Å². The Kier molecular flexibility index (Phi) is 8.66. The highest BCUT2D eigenvalue weighted by Crippen LogP contribution is 2.37. The number of thioether (sulfide) groups is 2. The molecule has 1 saturated carbocycles. The van der Waals surface area contributed by atoms with Gasteiger partial charge in [-0.2, -0.15) is 0 Å². The maximum atomic E-state index is 13.2. The number of anilines is 1. The van der Waals surface area contributed by atoms with Crippen LogP contribution < -0.4 is 5.32 Å². The minimum absolute atomic E-state index is 0.0741. The van der Waals surface area contributed by atoms with Crippen molar-refractivity contribution in [3.8, 4) is 0 Å². The number of amides is 1. The van der Waals surface area contributed by atoms with Gasteiger partial charge in [0.25, 0.3) is 0 Å². The first-order valence-electron chi connectivity index (χ1n) is 9.80. The normalized spacial score (nSPS) is 15.4. The largest absolute Gasteiger partial charge is 0.396 e. The van der Waals surface area contributed by atoms with Crippen LogP contribution in [-0.2, 0) is 4.79 Å². The maximum absolute atomic E-state index is 13.2. The van der Waals surface area contributed by atoms with E-state index in [4.69, 9.17) is 16.7 Å². The van der Waals surface area contributed by atoms with Gasteiger partial charge in [-0.05, 0) is 36.3 Å². The Hall–Kier alpha value is -1.28. The van der Waals surface area contributed by atoms with Crippen LogP contribution in [0.1, 0.15) is 43.6 Å². The van der Waals surface area contributed by atoms with Crippen LogP contribution in [-0.4, -0.2) is 39.6 Å². The molecule has 1 heterocycles. The van der Waals surface area contributed by atoms with Crippen molar-refractivity contribution in [2.45, 2.75) is 47.9 Å². The molecule has 1 fully saturated rings. The predicted molar refractivity (Wildman–Crippen MR) is 121 cm³/mol. The van der Waals surface area contributed by atoms with E-state index >= 15 is 0 Å². The Labute approximate surface area is 185 Å². The lowest BCUT2D eigenvalue weighted by Gasteiger charge is -2.21. The van der Waals surface area contributed by atoms with Crippen molar-refractivity contribution < 1.29 is 9.90 Å². The number of hydrogen-bond acceptors (Lipinski definition) is 6. The van der Waals surface area contributed by atoms with Crippen molar-refractivity contribution >= 4 is 46.8 Å². The summed E-state index contributed by atoms with van der Waals surface area (Å²) < 4.78 is 0. The lowest BCUT2D eigenvalue weighted by atomic mass is 9.87. The summed E-state index contributed by atoms with van der Waals surface area (Å²) >= 11 is 9.44. The van der Waals surface area contributed by atoms with Crippen LogP contribution in [0, 0.1) is 5.92 Å². The Morgan fingerprint density at radius 3 is 2.72 bits per heavy atom. The molecule has 0 bridgehead atoms. The number of aliphatic hydroxyl groups is 1. The van der Waals surface area contributed by atoms with E-state index in [1.165, 1.54) is 37.4 Å². The van der Waals surface area contributed by atoms with Crippen molar-refractivity contribution in [3.05, 3.63) is 41.2 Å². The predicted octanol–water partition coefficient (Wildman–Crippen LogP) is 5.24. The van der Waals surface area contributed by atoms with Gasteiger partial charge in [0.15, 0.2) is 5.82 Å². The molecule has 1 aliphatic rings. The van der Waals surface area contributed by atoms with Crippen LogP contribution in [0.25, 0.3) is 0 Å². The topological polar surface area (TPSA) is 75.1 Å². The fraction of sp³-hybridized carbons (Fsp3) is 0.476. The quantitative estimate of drug-likeness (QED) is 0.508. The van der Waals surface area contributed by atoms with Gasteiger partial charge in [-0.3, -0.25) is 4.79 Å². The third kappa shape index (κ3) is 6.35. The summed E-state index contributed by atoms with van der Waals surface area (Å²) in [5.74, 6) is 1.22. The molecule has 0 radical (unpaired) electrons. The molecule has 1 aromatic carbocycles. The summed E-state index contributed by atoms with van der Waals surface area (Å²) in [5, 5.41) is 13.2. The molecule has 2 N–H and O–H groups in total. The summed E-state index contributed by atoms with van der Waals surface area (Å²) in [5.41, 5.74) is 0.945. The first-order valence-corrected chi connectivity index (χ1v) is 12.4. The Balaban J connectivity index is 1.75. The summed E-state index contributed by atoms with van der Waals surface area (Å²) in [6.07, 6.45) is 10.8. The van der Waals surface area contributed by atoms with Crippen LogP contribution in [0.4, 0.5) is 5.82 Å². The number of hydrogen-bond donors (Lipinski definition) is 2. The van der Waals surface area contributed by atoms with Crippen LogP contribution in [0.15, 0.2) is 40.5 Å². The number of aromatic nitrogens is 2. The molecule has 29 heavy (non-hydrogen) atoms. The van der Waals surface area contributed by atoms with E-state index in [0.717, 1.165) is 21.9 Å². The van der Waals surface area contributed by atoms with E-state index in [9.17, 15) is 4.79 Å². The van der Waals surface area contributed by atoms with Gasteiger partial charge in [0, 0.05) is 10.6 Å². The van der Waals surface area contributed by atoms with Gasteiger partial charge in [0.1, 0.15) is 5.03 Å². The molecule has 2 aromatic rings. The second kappa shape index (κ2) is 11.2. The zero-order valence-electron chi connectivity index (χ0n) is 16.4. The number of nitrogens with one attached hydrogen (secondary N) is 1. The Morgan fingerprint density at radius 1 is 1.31 bits per heavy atom. The first kappa shape index (κ1) is 22.4. The molecule has 1 atom stereocenters. The number of carbonyl (C=O) groups excluding carboxylic acids is 1. The van der Waals surface area contributed by atoms with Crippen molar-refractivity contribution in [1.29, 1.82) is 0 Å². The molecule has 5 nitrogen and oxygen atoms in total. The van der Waals surface area contributed by atoms with E-state index in [1.54, 1.807) is 24.2 Å². The average molecular weight is 452 g/mol. The fourth-order valence-corrected chi connectivity index (χ4v) is 5.13. The molecular weight excluding hydrogens is 426 g/mol. The standard InChI is InChI=1S/C21H26ClN3O2S2/c1-28-18-7-6-15(11-17(18)22)16(10-14-4-2-3-5-14)21(27)25-19-12-24-20(13-23-19)29-9-8-26/h6-7,11-14,16,26H,2-5,8-10H2,1H3,(H,23,25,27). The van der Waals surface area contributed by atoms with Crippen molar-refractivity contribution in [2.75, 3.05) is 23.9 Å². The highest BCUT2D eigenvalue weighted by molar-refractivity contribution is 7.99.